The third-order valence-electron chi connectivity index (χ3n) is 7.55. The second-order valence-electron chi connectivity index (χ2n) is 10.0. The number of methoxy groups -OCH3 is 3. The molecule has 4 nitrogen and oxygen atoms in total. The maximum absolute atomic E-state index is 5.93. The summed E-state index contributed by atoms with van der Waals surface area (Å²) in [5, 5.41) is 0. The van der Waals surface area contributed by atoms with Crippen molar-refractivity contribution in [3.05, 3.63) is 101 Å². The Morgan fingerprint density at radius 1 is 0.641 bits per heavy atom. The van der Waals surface area contributed by atoms with Crippen LogP contribution in [0.4, 0.5) is 0 Å². The van der Waals surface area contributed by atoms with Gasteiger partial charge < -0.3 is 14.2 Å². The Hall–Kier alpha value is -3.80. The summed E-state index contributed by atoms with van der Waals surface area (Å²) in [5.74, 6) is 3.51. The first-order chi connectivity index (χ1) is 19.0. The van der Waals surface area contributed by atoms with Gasteiger partial charge >= 0.3 is 0 Å². The van der Waals surface area contributed by atoms with Crippen molar-refractivity contribution in [2.24, 2.45) is 0 Å². The molecule has 5 heteroatoms. The van der Waals surface area contributed by atoms with Gasteiger partial charge in [-0.25, -0.2) is 0 Å². The number of ether oxygens (including phenoxy) is 3. The van der Waals surface area contributed by atoms with Gasteiger partial charge in [-0.1, -0.05) is 54.6 Å². The molecule has 0 saturated carbocycles. The molecular formula is C34H33NO3S. The number of rotatable bonds is 5. The average molecular weight is 536 g/mol. The van der Waals surface area contributed by atoms with Crippen LogP contribution in [0.2, 0.25) is 0 Å². The Morgan fingerprint density at radius 2 is 1.28 bits per heavy atom. The number of aryl methyl sites for hydroxylation is 1. The maximum Gasteiger partial charge on any atom is 0.161 e. The molecule has 4 aromatic carbocycles. The molecule has 0 bridgehead atoms. The molecule has 6 rings (SSSR count). The minimum absolute atomic E-state index is 0.0474. The van der Waals surface area contributed by atoms with E-state index in [4.69, 9.17) is 14.2 Å². The van der Waals surface area contributed by atoms with Gasteiger partial charge in [0.05, 0.1) is 26.3 Å². The molecule has 0 N–H and O–H groups in total. The Morgan fingerprint density at radius 3 is 1.95 bits per heavy atom. The highest BCUT2D eigenvalue weighted by Crippen LogP contribution is 2.51. The zero-order valence-electron chi connectivity index (χ0n) is 23.1. The van der Waals surface area contributed by atoms with Crippen molar-refractivity contribution in [1.29, 1.82) is 0 Å². The van der Waals surface area contributed by atoms with E-state index in [2.05, 4.69) is 97.9 Å². The van der Waals surface area contributed by atoms with Gasteiger partial charge in [0, 0.05) is 16.0 Å². The highest BCUT2D eigenvalue weighted by molar-refractivity contribution is 8.24. The van der Waals surface area contributed by atoms with Crippen LogP contribution < -0.4 is 14.2 Å². The molecule has 2 heterocycles. The molecule has 0 aliphatic carbocycles. The summed E-state index contributed by atoms with van der Waals surface area (Å²) in [7, 11) is 9.41. The van der Waals surface area contributed by atoms with Crippen molar-refractivity contribution in [1.82, 2.24) is 4.90 Å². The second kappa shape index (κ2) is 10.4. The summed E-state index contributed by atoms with van der Waals surface area (Å²) in [6.07, 6.45) is 3.37. The van der Waals surface area contributed by atoms with E-state index < -0.39 is 0 Å². The van der Waals surface area contributed by atoms with Gasteiger partial charge in [-0.05, 0) is 90.0 Å². The van der Waals surface area contributed by atoms with E-state index in [-0.39, 0.29) is 10.5 Å². The first-order valence-electron chi connectivity index (χ1n) is 13.1. The van der Waals surface area contributed by atoms with Crippen LogP contribution in [0.25, 0.3) is 33.2 Å². The molecule has 0 radical (unpaired) electrons. The largest absolute Gasteiger partial charge is 0.496 e. The van der Waals surface area contributed by atoms with E-state index in [1.165, 1.54) is 37.7 Å². The number of fused-ring (bicyclic) bond motifs is 4. The van der Waals surface area contributed by atoms with Crippen LogP contribution in [0, 0.1) is 0 Å². The molecule has 4 aromatic rings. The molecule has 0 aromatic heterocycles. The number of nitrogens with zero attached hydrogens (tertiary/aromatic N) is 1. The monoisotopic (exact) mass is 535 g/mol. The summed E-state index contributed by atoms with van der Waals surface area (Å²) in [6.45, 7) is 0. The number of benzene rings is 4. The summed E-state index contributed by atoms with van der Waals surface area (Å²) >= 11 is 0. The van der Waals surface area contributed by atoms with Crippen LogP contribution >= 0.6 is 10.5 Å². The van der Waals surface area contributed by atoms with Gasteiger partial charge in [0.2, 0.25) is 0 Å². The fraction of sp³-hybridized carbons (Fsp3) is 0.206. The Labute approximate surface area is 233 Å². The predicted molar refractivity (Wildman–Crippen MR) is 165 cm³/mol. The van der Waals surface area contributed by atoms with Crippen molar-refractivity contribution < 1.29 is 14.2 Å². The lowest BCUT2D eigenvalue weighted by molar-refractivity contribution is 0.355. The van der Waals surface area contributed by atoms with E-state index in [0.717, 1.165) is 46.1 Å². The molecule has 39 heavy (non-hydrogen) atoms. The molecule has 0 spiro atoms. The molecule has 2 aliphatic heterocycles. The Kier molecular flexibility index (Phi) is 6.79. The van der Waals surface area contributed by atoms with Crippen molar-refractivity contribution in [2.45, 2.75) is 6.42 Å². The lowest BCUT2D eigenvalue weighted by Gasteiger charge is -2.33. The normalized spacial score (nSPS) is 15.7. The quantitative estimate of drug-likeness (QED) is 0.249. The summed E-state index contributed by atoms with van der Waals surface area (Å²) in [6, 6.07) is 28.1. The van der Waals surface area contributed by atoms with Crippen molar-refractivity contribution in [3.63, 3.8) is 0 Å². The first kappa shape index (κ1) is 25.5. The molecule has 1 atom stereocenters. The summed E-state index contributed by atoms with van der Waals surface area (Å²) in [5.41, 5.74) is 9.73. The fourth-order valence-electron chi connectivity index (χ4n) is 5.66. The zero-order chi connectivity index (χ0) is 27.1. The molecule has 198 valence electrons. The van der Waals surface area contributed by atoms with E-state index >= 15 is 0 Å². The van der Waals surface area contributed by atoms with Gasteiger partial charge in [-0.2, -0.15) is 0 Å². The molecule has 0 fully saturated rings. The topological polar surface area (TPSA) is 30.9 Å². The van der Waals surface area contributed by atoms with E-state index in [1.54, 1.807) is 21.3 Å². The SMILES string of the molecule is COc1cc2c(cc1OC)C(N(C)C)=S1CCc3cc(OC)c(-c4ccc(-c5ccccc5)cc4)cc3C1=C2. The summed E-state index contributed by atoms with van der Waals surface area (Å²) in [4.78, 5) is 5.00. The van der Waals surface area contributed by atoms with Crippen molar-refractivity contribution >= 4 is 26.5 Å². The molecule has 1 unspecified atom stereocenters. The average Bonchev–Trinajstić information content (AvgIpc) is 2.98. The smallest absolute Gasteiger partial charge is 0.161 e. The maximum atomic E-state index is 5.93. The van der Waals surface area contributed by atoms with Gasteiger partial charge in [0.25, 0.3) is 0 Å². The van der Waals surface area contributed by atoms with Crippen LogP contribution in [-0.2, 0) is 6.42 Å². The Balaban J connectivity index is 1.50. The predicted octanol–water partition coefficient (Wildman–Crippen LogP) is 7.42. The van der Waals surface area contributed by atoms with E-state index in [9.17, 15) is 0 Å². The fourth-order valence-corrected chi connectivity index (χ4v) is 8.32. The lowest BCUT2D eigenvalue weighted by Crippen LogP contribution is -2.27. The minimum atomic E-state index is -0.0474. The van der Waals surface area contributed by atoms with Gasteiger partial charge in [0.1, 0.15) is 5.75 Å². The van der Waals surface area contributed by atoms with Crippen molar-refractivity contribution in [2.75, 3.05) is 41.2 Å². The standard InChI is InChI=1S/C34H33NO3S/c1-35(2)34-29-21-32(38-5)31(37-4)18-26(29)19-33-28-20-27(30(36-3)17-25(28)15-16-39(33)34)24-13-11-23(12-14-24)22-9-7-6-8-10-22/h6-14,17-21H,15-16H2,1-5H3. The van der Waals surface area contributed by atoms with Crippen LogP contribution in [0.5, 0.6) is 17.2 Å². The molecule has 0 saturated heterocycles. The van der Waals surface area contributed by atoms with Crippen LogP contribution in [0.1, 0.15) is 22.3 Å². The molecule has 0 amide bonds. The van der Waals surface area contributed by atoms with Crippen LogP contribution in [-0.4, -0.2) is 51.1 Å². The first-order valence-corrected chi connectivity index (χ1v) is 14.5. The zero-order valence-corrected chi connectivity index (χ0v) is 23.9. The Bertz CT molecular complexity index is 1620. The number of hydrogen-bond acceptors (Lipinski definition) is 4. The van der Waals surface area contributed by atoms with E-state index in [1.807, 2.05) is 6.07 Å². The lowest BCUT2D eigenvalue weighted by atomic mass is 9.93. The van der Waals surface area contributed by atoms with Gasteiger partial charge in [-0.3, -0.25) is 4.90 Å². The van der Waals surface area contributed by atoms with Crippen LogP contribution in [0.3, 0.4) is 0 Å². The second-order valence-corrected chi connectivity index (χ2v) is 12.0. The third-order valence-corrected chi connectivity index (χ3v) is 10.1. The number of hydrogen-bond donors (Lipinski definition) is 0. The minimum Gasteiger partial charge on any atom is -0.496 e. The van der Waals surface area contributed by atoms with E-state index in [0.29, 0.717) is 0 Å². The molecular weight excluding hydrogens is 502 g/mol. The summed E-state index contributed by atoms with van der Waals surface area (Å²) < 4.78 is 17.2. The third kappa shape index (κ3) is 4.46. The highest BCUT2D eigenvalue weighted by Gasteiger charge is 2.29. The highest BCUT2D eigenvalue weighted by atomic mass is 32.2. The van der Waals surface area contributed by atoms with Crippen molar-refractivity contribution in [3.8, 4) is 39.5 Å². The molecule has 2 aliphatic rings. The van der Waals surface area contributed by atoms with Gasteiger partial charge in [0.15, 0.2) is 11.5 Å². The van der Waals surface area contributed by atoms with Gasteiger partial charge in [-0.15, -0.1) is 10.5 Å². The van der Waals surface area contributed by atoms with Crippen LogP contribution in [0.15, 0.2) is 78.9 Å².